The number of pyridine rings is 1. The molecule has 0 radical (unpaired) electrons. The van der Waals surface area contributed by atoms with Crippen molar-refractivity contribution >= 4 is 17.5 Å². The molecule has 0 bridgehead atoms. The monoisotopic (exact) mass is 222 g/mol. The third kappa shape index (κ3) is 4.01. The molecule has 1 heterocycles. The maximum Gasteiger partial charge on any atom is 0.269 e. The van der Waals surface area contributed by atoms with Crippen molar-refractivity contribution in [2.24, 2.45) is 0 Å². The van der Waals surface area contributed by atoms with Gasteiger partial charge in [-0.3, -0.25) is 9.78 Å². The summed E-state index contributed by atoms with van der Waals surface area (Å²) in [4.78, 5) is 15.4. The van der Waals surface area contributed by atoms with Gasteiger partial charge in [-0.25, -0.2) is 0 Å². The van der Waals surface area contributed by atoms with Crippen LogP contribution >= 0.6 is 11.6 Å². The summed E-state index contributed by atoms with van der Waals surface area (Å²) < 4.78 is 0. The first-order chi connectivity index (χ1) is 7.24. The van der Waals surface area contributed by atoms with Crippen molar-refractivity contribution in [3.05, 3.63) is 29.0 Å². The zero-order chi connectivity index (χ0) is 11.1. The van der Waals surface area contributed by atoms with Crippen LogP contribution in [0.4, 0.5) is 0 Å². The zero-order valence-electron chi connectivity index (χ0n) is 8.16. The summed E-state index contributed by atoms with van der Waals surface area (Å²) >= 11 is 5.73. The molecule has 15 heavy (non-hydrogen) atoms. The van der Waals surface area contributed by atoms with Gasteiger partial charge >= 0.3 is 0 Å². The smallest absolute Gasteiger partial charge is 0.269 e. The number of aromatic nitrogens is 1. The lowest BCUT2D eigenvalue weighted by Gasteiger charge is -2.02. The predicted octanol–water partition coefficient (Wildman–Crippen LogP) is 1.88. The molecular formula is C11H11ClN2O. The molecule has 0 spiro atoms. The van der Waals surface area contributed by atoms with E-state index in [0.717, 1.165) is 6.42 Å². The van der Waals surface area contributed by atoms with Crippen LogP contribution in [-0.2, 0) is 0 Å². The molecule has 0 aliphatic heterocycles. The predicted molar refractivity (Wildman–Crippen MR) is 59.6 cm³/mol. The summed E-state index contributed by atoms with van der Waals surface area (Å²) in [5, 5.41) is 3.20. The summed E-state index contributed by atoms with van der Waals surface area (Å²) in [7, 11) is 0. The van der Waals surface area contributed by atoms with Crippen molar-refractivity contribution in [2.75, 3.05) is 6.54 Å². The molecule has 0 fully saturated rings. The number of rotatable bonds is 4. The standard InChI is InChI=1S/C11H11ClN2O/c1-2-3-4-6-14-11(15)10-8-9(12)5-7-13-10/h1,5,7-8H,3-4,6H2,(H,14,15). The van der Waals surface area contributed by atoms with Crippen LogP contribution in [0.3, 0.4) is 0 Å². The van der Waals surface area contributed by atoms with Gasteiger partial charge in [0.1, 0.15) is 5.69 Å². The maximum absolute atomic E-state index is 11.5. The summed E-state index contributed by atoms with van der Waals surface area (Å²) in [6.45, 7) is 0.553. The van der Waals surface area contributed by atoms with Gasteiger partial charge in [-0.15, -0.1) is 12.3 Å². The largest absolute Gasteiger partial charge is 0.351 e. The minimum Gasteiger partial charge on any atom is -0.351 e. The second-order valence-electron chi connectivity index (χ2n) is 2.92. The van der Waals surface area contributed by atoms with Crippen LogP contribution in [0.5, 0.6) is 0 Å². The summed E-state index contributed by atoms with van der Waals surface area (Å²) in [5.41, 5.74) is 0.322. The summed E-state index contributed by atoms with van der Waals surface area (Å²) in [6.07, 6.45) is 8.01. The highest BCUT2D eigenvalue weighted by Crippen LogP contribution is 2.07. The van der Waals surface area contributed by atoms with E-state index < -0.39 is 0 Å². The lowest BCUT2D eigenvalue weighted by Crippen LogP contribution is -2.25. The van der Waals surface area contributed by atoms with E-state index in [1.54, 1.807) is 6.07 Å². The fraction of sp³-hybridized carbons (Fsp3) is 0.273. The molecule has 0 aromatic carbocycles. The van der Waals surface area contributed by atoms with Gasteiger partial charge in [0.05, 0.1) is 0 Å². The lowest BCUT2D eigenvalue weighted by atomic mass is 10.3. The SMILES string of the molecule is C#CCCCNC(=O)c1cc(Cl)ccn1. The van der Waals surface area contributed by atoms with E-state index in [-0.39, 0.29) is 5.91 Å². The molecule has 0 unspecified atom stereocenters. The fourth-order valence-electron chi connectivity index (χ4n) is 1.01. The Kier molecular flexibility index (Phi) is 4.65. The van der Waals surface area contributed by atoms with Crippen molar-refractivity contribution in [3.8, 4) is 12.3 Å². The first-order valence-corrected chi connectivity index (χ1v) is 4.95. The van der Waals surface area contributed by atoms with E-state index in [1.165, 1.54) is 12.3 Å². The molecule has 0 aliphatic rings. The van der Waals surface area contributed by atoms with Gasteiger partial charge in [0.2, 0.25) is 0 Å². The highest BCUT2D eigenvalue weighted by molar-refractivity contribution is 6.30. The maximum atomic E-state index is 11.5. The number of nitrogens with zero attached hydrogens (tertiary/aromatic N) is 1. The number of unbranched alkanes of at least 4 members (excludes halogenated alkanes) is 1. The minimum atomic E-state index is -0.227. The normalized spacial score (nSPS) is 9.33. The molecule has 1 aromatic rings. The summed E-state index contributed by atoms with van der Waals surface area (Å²) in [5.74, 6) is 2.27. The van der Waals surface area contributed by atoms with Crippen molar-refractivity contribution in [3.63, 3.8) is 0 Å². The Morgan fingerprint density at radius 1 is 1.67 bits per heavy atom. The quantitative estimate of drug-likeness (QED) is 0.624. The molecular weight excluding hydrogens is 212 g/mol. The van der Waals surface area contributed by atoms with Crippen LogP contribution in [0.25, 0.3) is 0 Å². The van der Waals surface area contributed by atoms with E-state index in [1.807, 2.05) is 0 Å². The van der Waals surface area contributed by atoms with Gasteiger partial charge in [0, 0.05) is 24.2 Å². The Hall–Kier alpha value is -1.53. The third-order valence-electron chi connectivity index (χ3n) is 1.74. The van der Waals surface area contributed by atoms with Crippen molar-refractivity contribution in [2.45, 2.75) is 12.8 Å². The molecule has 1 rings (SSSR count). The average Bonchev–Trinajstić information content (AvgIpc) is 2.24. The molecule has 78 valence electrons. The lowest BCUT2D eigenvalue weighted by molar-refractivity contribution is 0.0948. The number of nitrogens with one attached hydrogen (secondary N) is 1. The Balaban J connectivity index is 2.44. The highest BCUT2D eigenvalue weighted by atomic mass is 35.5. The molecule has 0 aliphatic carbocycles. The third-order valence-corrected chi connectivity index (χ3v) is 1.97. The molecule has 1 aromatic heterocycles. The molecule has 3 nitrogen and oxygen atoms in total. The molecule has 0 atom stereocenters. The molecule has 4 heteroatoms. The van der Waals surface area contributed by atoms with Gasteiger partial charge < -0.3 is 5.32 Å². The van der Waals surface area contributed by atoms with Crippen LogP contribution in [-0.4, -0.2) is 17.4 Å². The minimum absolute atomic E-state index is 0.227. The molecule has 0 saturated carbocycles. The van der Waals surface area contributed by atoms with Gasteiger partial charge in [-0.05, 0) is 18.6 Å². The zero-order valence-corrected chi connectivity index (χ0v) is 8.92. The Labute approximate surface area is 93.9 Å². The van der Waals surface area contributed by atoms with E-state index >= 15 is 0 Å². The summed E-state index contributed by atoms with van der Waals surface area (Å²) in [6, 6.07) is 3.15. The fourth-order valence-corrected chi connectivity index (χ4v) is 1.17. The number of hydrogen-bond donors (Lipinski definition) is 1. The van der Waals surface area contributed by atoms with Crippen molar-refractivity contribution in [1.29, 1.82) is 0 Å². The van der Waals surface area contributed by atoms with E-state index in [2.05, 4.69) is 16.2 Å². The van der Waals surface area contributed by atoms with Gasteiger partial charge in [0.25, 0.3) is 5.91 Å². The Morgan fingerprint density at radius 2 is 2.47 bits per heavy atom. The second kappa shape index (κ2) is 6.05. The number of carbonyl (C=O) groups excluding carboxylic acids is 1. The Bertz CT molecular complexity index is 384. The Morgan fingerprint density at radius 3 is 3.13 bits per heavy atom. The topological polar surface area (TPSA) is 42.0 Å². The molecule has 1 amide bonds. The number of amides is 1. The van der Waals surface area contributed by atoms with Crippen LogP contribution in [0.2, 0.25) is 5.02 Å². The highest BCUT2D eigenvalue weighted by Gasteiger charge is 2.05. The second-order valence-corrected chi connectivity index (χ2v) is 3.36. The number of carbonyl (C=O) groups is 1. The van der Waals surface area contributed by atoms with Gasteiger partial charge in [0.15, 0.2) is 0 Å². The first kappa shape index (κ1) is 11.5. The van der Waals surface area contributed by atoms with Crippen LogP contribution < -0.4 is 5.32 Å². The number of hydrogen-bond acceptors (Lipinski definition) is 2. The van der Waals surface area contributed by atoms with Crippen LogP contribution in [0.15, 0.2) is 18.3 Å². The van der Waals surface area contributed by atoms with Gasteiger partial charge in [-0.1, -0.05) is 11.6 Å². The molecule has 1 N–H and O–H groups in total. The van der Waals surface area contributed by atoms with Crippen LogP contribution in [0, 0.1) is 12.3 Å². The van der Waals surface area contributed by atoms with E-state index in [9.17, 15) is 4.79 Å². The average molecular weight is 223 g/mol. The first-order valence-electron chi connectivity index (χ1n) is 4.57. The number of halogens is 1. The van der Waals surface area contributed by atoms with Crippen molar-refractivity contribution < 1.29 is 4.79 Å². The van der Waals surface area contributed by atoms with Gasteiger partial charge in [-0.2, -0.15) is 0 Å². The van der Waals surface area contributed by atoms with Crippen molar-refractivity contribution in [1.82, 2.24) is 10.3 Å². The van der Waals surface area contributed by atoms with E-state index in [0.29, 0.717) is 23.7 Å². The van der Waals surface area contributed by atoms with E-state index in [4.69, 9.17) is 18.0 Å². The molecule has 0 saturated heterocycles. The number of terminal acetylenes is 1. The van der Waals surface area contributed by atoms with Crippen LogP contribution in [0.1, 0.15) is 23.3 Å².